The van der Waals surface area contributed by atoms with Crippen LogP contribution in [-0.4, -0.2) is 93.7 Å². The molecule has 12 heteroatoms. The van der Waals surface area contributed by atoms with Gasteiger partial charge in [0.1, 0.15) is 22.8 Å². The molecular weight excluding hydrogens is 558 g/mol. The number of ketones is 2. The Kier molecular flexibility index (Phi) is 7.10. The predicted molar refractivity (Wildman–Crippen MR) is 155 cm³/mol. The van der Waals surface area contributed by atoms with Crippen molar-refractivity contribution in [1.29, 1.82) is 0 Å². The van der Waals surface area contributed by atoms with Crippen LogP contribution in [0.15, 0.2) is 47.2 Å². The fraction of sp³-hybridized carbons (Fsp3) is 0.355. The number of hydrogen-bond donors (Lipinski definition) is 6. The number of carbonyl (C=O) groups is 4. The van der Waals surface area contributed by atoms with Gasteiger partial charge in [0.2, 0.25) is 5.78 Å². The second-order valence-electron chi connectivity index (χ2n) is 11.8. The number of anilines is 1. The van der Waals surface area contributed by atoms with E-state index in [9.17, 15) is 39.6 Å². The number of likely N-dealkylation sites (N-methyl/N-ethyl adjacent to an activating group) is 1. The average molecular weight is 592 g/mol. The Morgan fingerprint density at radius 3 is 2.21 bits per heavy atom. The average Bonchev–Trinajstić information content (AvgIpc) is 2.90. The van der Waals surface area contributed by atoms with Crippen molar-refractivity contribution < 1.29 is 44.7 Å². The molecule has 1 fully saturated rings. The van der Waals surface area contributed by atoms with E-state index in [1.54, 1.807) is 63.4 Å². The summed E-state index contributed by atoms with van der Waals surface area (Å²) in [4.78, 5) is 53.9. The molecular formula is C31H33N3O9. The molecule has 0 heterocycles. The Bertz CT molecular complexity index is 1660. The van der Waals surface area contributed by atoms with Crippen LogP contribution in [0.4, 0.5) is 5.69 Å². The third-order valence-electron chi connectivity index (χ3n) is 8.80. The van der Waals surface area contributed by atoms with Crippen LogP contribution in [0.2, 0.25) is 0 Å². The number of primary amides is 1. The van der Waals surface area contributed by atoms with E-state index in [4.69, 9.17) is 10.8 Å². The Labute approximate surface area is 247 Å². The number of carboxylic acid groups (broad SMARTS) is 1. The van der Waals surface area contributed by atoms with Gasteiger partial charge in [-0.3, -0.25) is 24.1 Å². The summed E-state index contributed by atoms with van der Waals surface area (Å²) in [5, 5.41) is 55.1. The van der Waals surface area contributed by atoms with Gasteiger partial charge in [0.15, 0.2) is 11.4 Å². The van der Waals surface area contributed by atoms with Crippen LogP contribution >= 0.6 is 0 Å². The smallest absolute Gasteiger partial charge is 0.307 e. The molecule has 0 spiro atoms. The third-order valence-corrected chi connectivity index (χ3v) is 8.80. The van der Waals surface area contributed by atoms with Gasteiger partial charge in [0.05, 0.1) is 18.0 Å². The highest BCUT2D eigenvalue weighted by Gasteiger charge is 2.64. The Morgan fingerprint density at radius 1 is 1.05 bits per heavy atom. The van der Waals surface area contributed by atoms with Crippen LogP contribution in [0.1, 0.15) is 23.1 Å². The van der Waals surface area contributed by atoms with Crippen molar-refractivity contribution in [1.82, 2.24) is 4.90 Å². The van der Waals surface area contributed by atoms with E-state index in [0.29, 0.717) is 27.9 Å². The molecule has 3 aliphatic rings. The van der Waals surface area contributed by atoms with Crippen LogP contribution in [0, 0.1) is 11.8 Å². The minimum absolute atomic E-state index is 0.00775. The van der Waals surface area contributed by atoms with Gasteiger partial charge in [0, 0.05) is 36.8 Å². The molecule has 43 heavy (non-hydrogen) atoms. The summed E-state index contributed by atoms with van der Waals surface area (Å²) in [6.07, 6.45) is -0.0294. The Balaban J connectivity index is 1.72. The summed E-state index contributed by atoms with van der Waals surface area (Å²) in [6, 6.07) is 7.09. The number of Topliss-reactive ketones (excluding diaryl/α,β-unsaturated/α-hetero) is 2. The first kappa shape index (κ1) is 29.8. The fourth-order valence-corrected chi connectivity index (χ4v) is 6.89. The van der Waals surface area contributed by atoms with Crippen molar-refractivity contribution in [2.75, 3.05) is 33.1 Å². The topological polar surface area (TPSA) is 202 Å². The normalized spacial score (nSPS) is 24.9. The highest BCUT2D eigenvalue weighted by Crippen LogP contribution is 2.54. The van der Waals surface area contributed by atoms with Crippen LogP contribution < -0.4 is 10.6 Å². The number of aliphatic hydroxyl groups excluding tert-OH is 2. The second-order valence-corrected chi connectivity index (χ2v) is 11.8. The third kappa shape index (κ3) is 4.36. The van der Waals surface area contributed by atoms with E-state index < -0.39 is 64.0 Å². The van der Waals surface area contributed by atoms with Crippen molar-refractivity contribution in [2.45, 2.75) is 30.9 Å². The summed E-state index contributed by atoms with van der Waals surface area (Å²) in [5.74, 6) is -8.09. The van der Waals surface area contributed by atoms with Gasteiger partial charge >= 0.3 is 5.97 Å². The fourth-order valence-electron chi connectivity index (χ4n) is 6.89. The van der Waals surface area contributed by atoms with Gasteiger partial charge in [-0.25, -0.2) is 0 Å². The maximum atomic E-state index is 14.1. The molecule has 0 aromatic heterocycles. The predicted octanol–water partition coefficient (Wildman–Crippen LogP) is 1.32. The maximum Gasteiger partial charge on any atom is 0.307 e. The maximum absolute atomic E-state index is 14.1. The molecule has 7 N–H and O–H groups in total. The van der Waals surface area contributed by atoms with E-state index >= 15 is 0 Å². The van der Waals surface area contributed by atoms with Crippen LogP contribution in [-0.2, 0) is 32.0 Å². The lowest BCUT2D eigenvalue weighted by molar-refractivity contribution is -0.153. The number of fused-ring (bicyclic) bond motifs is 3. The lowest BCUT2D eigenvalue weighted by atomic mass is 9.57. The minimum atomic E-state index is -2.72. The molecule has 1 saturated carbocycles. The molecule has 4 unspecified atom stereocenters. The number of hydrogen-bond acceptors (Lipinski definition) is 10. The number of benzene rings is 2. The number of carboxylic acids is 1. The van der Waals surface area contributed by atoms with Crippen LogP contribution in [0.3, 0.4) is 0 Å². The number of aliphatic hydroxyl groups is 3. The number of amides is 1. The number of phenols is 1. The summed E-state index contributed by atoms with van der Waals surface area (Å²) in [6.45, 7) is 0. The summed E-state index contributed by atoms with van der Waals surface area (Å²) in [5.41, 5.74) is 4.10. The zero-order chi connectivity index (χ0) is 31.7. The highest BCUT2D eigenvalue weighted by atomic mass is 16.4. The number of aromatic hydroxyl groups is 1. The van der Waals surface area contributed by atoms with Gasteiger partial charge in [-0.2, -0.15) is 0 Å². The number of nitrogens with zero attached hydrogens (tertiary/aromatic N) is 2. The molecule has 1 amide bonds. The second kappa shape index (κ2) is 10.2. The van der Waals surface area contributed by atoms with E-state index in [1.807, 2.05) is 0 Å². The quantitative estimate of drug-likeness (QED) is 0.265. The Morgan fingerprint density at radius 2 is 1.67 bits per heavy atom. The number of rotatable bonds is 6. The molecule has 0 aliphatic heterocycles. The SMILES string of the molecule is CN(C)c1cc(-c2ccc(CC(=O)O)cc2)c(O)c2c1CC1CC3C(N(C)C)C(=O)C(C(N)=O)=C(O)C3(O)C(=O)C1=C2O. The number of carbonyl (C=O) groups excluding carboxylic acids is 3. The molecule has 2 aromatic rings. The van der Waals surface area contributed by atoms with Gasteiger partial charge in [0.25, 0.3) is 5.91 Å². The largest absolute Gasteiger partial charge is 0.508 e. The molecule has 0 radical (unpaired) electrons. The molecule has 2 aromatic carbocycles. The standard InChI is InChI=1S/C31H33N3O9/c1-33(2)19-12-16(14-7-5-13(6-8-14)9-20(35)36)25(37)22-17(19)10-15-11-18-24(34(3)4)27(39)23(30(32)42)29(41)31(18,43)28(40)21(15)26(22)38/h5-8,12,15,18,24,37-38,41,43H,9-11H2,1-4H3,(H2,32,42)(H,35,36). The number of aliphatic carboxylic acids is 1. The van der Waals surface area contributed by atoms with Crippen molar-refractivity contribution in [3.8, 4) is 16.9 Å². The summed E-state index contributed by atoms with van der Waals surface area (Å²) in [7, 11) is 6.66. The van der Waals surface area contributed by atoms with Crippen LogP contribution in [0.25, 0.3) is 16.9 Å². The molecule has 4 atom stereocenters. The van der Waals surface area contributed by atoms with Crippen molar-refractivity contribution in [3.05, 3.63) is 63.9 Å². The van der Waals surface area contributed by atoms with Crippen molar-refractivity contribution in [3.63, 3.8) is 0 Å². The van der Waals surface area contributed by atoms with Gasteiger partial charge in [-0.1, -0.05) is 24.3 Å². The van der Waals surface area contributed by atoms with Gasteiger partial charge < -0.3 is 36.2 Å². The van der Waals surface area contributed by atoms with E-state index in [2.05, 4.69) is 0 Å². The van der Waals surface area contributed by atoms with E-state index in [1.165, 1.54) is 4.90 Å². The first-order valence-electron chi connectivity index (χ1n) is 13.6. The molecule has 3 aliphatic carbocycles. The van der Waals surface area contributed by atoms with Gasteiger partial charge in [-0.05, 0) is 55.6 Å². The van der Waals surface area contributed by atoms with E-state index in [0.717, 1.165) is 0 Å². The molecule has 5 rings (SSSR count). The zero-order valence-electron chi connectivity index (χ0n) is 24.1. The van der Waals surface area contributed by atoms with E-state index in [-0.39, 0.29) is 36.1 Å². The molecule has 12 nitrogen and oxygen atoms in total. The van der Waals surface area contributed by atoms with Crippen molar-refractivity contribution in [2.24, 2.45) is 17.6 Å². The van der Waals surface area contributed by atoms with Crippen molar-refractivity contribution >= 4 is 34.9 Å². The number of phenolic OH excluding ortho intramolecular Hbond substituents is 1. The highest BCUT2D eigenvalue weighted by molar-refractivity contribution is 6.24. The Hall–Kier alpha value is -4.68. The minimum Gasteiger partial charge on any atom is -0.508 e. The number of nitrogens with two attached hydrogens (primary N) is 1. The first-order chi connectivity index (χ1) is 20.1. The molecule has 0 bridgehead atoms. The van der Waals surface area contributed by atoms with Gasteiger partial charge in [-0.15, -0.1) is 0 Å². The summed E-state index contributed by atoms with van der Waals surface area (Å²) < 4.78 is 0. The lowest BCUT2D eigenvalue weighted by Gasteiger charge is -2.50. The molecule has 0 saturated heterocycles. The summed E-state index contributed by atoms with van der Waals surface area (Å²) >= 11 is 0. The lowest BCUT2D eigenvalue weighted by Crippen LogP contribution is -2.65. The first-order valence-corrected chi connectivity index (χ1v) is 13.6. The monoisotopic (exact) mass is 591 g/mol. The molecule has 226 valence electrons. The zero-order valence-corrected chi connectivity index (χ0v) is 24.1. The van der Waals surface area contributed by atoms with Crippen LogP contribution in [0.5, 0.6) is 5.75 Å².